The topological polar surface area (TPSA) is 84.3 Å². The molecule has 0 amide bonds. The number of rotatable bonds is 10. The molecule has 1 N–H and O–H groups in total. The maximum Gasteiger partial charge on any atom is 0.197 e. The van der Waals surface area contributed by atoms with Crippen molar-refractivity contribution in [2.75, 3.05) is 57.6 Å². The first kappa shape index (κ1) is 31.7. The highest BCUT2D eigenvalue weighted by Gasteiger charge is 2.34. The van der Waals surface area contributed by atoms with Crippen LogP contribution >= 0.6 is 17.0 Å². The Balaban J connectivity index is 0.00000441. The summed E-state index contributed by atoms with van der Waals surface area (Å²) in [6, 6.07) is 5.52. The Labute approximate surface area is 247 Å². The predicted molar refractivity (Wildman–Crippen MR) is 160 cm³/mol. The van der Waals surface area contributed by atoms with E-state index in [1.165, 1.54) is 0 Å². The molecule has 0 aliphatic carbocycles. The number of Topliss-reactive ketones (excluding diaryl/α,β-unsaturated/α-hetero) is 1. The Morgan fingerprint density at radius 2 is 1.62 bits per heavy atom. The van der Waals surface area contributed by atoms with Gasteiger partial charge < -0.3 is 28.7 Å². The standard InChI is InChI=1S/C30H40FN3O5.BrH/c1-7-37-24-16-20-17-34(29(32)25(20)26(31)28(24)39-9-3)18-23(35)19-14-21(30(4,5)6)27(38-8-2)22(15-19)33-10-12-36-13-11-33;/h14-16,32H,7-13,17-18H2,1-6H3;1H. The van der Waals surface area contributed by atoms with Crippen LogP contribution in [0.1, 0.15) is 68.6 Å². The minimum Gasteiger partial charge on any atom is -0.491 e. The Morgan fingerprint density at radius 3 is 2.23 bits per heavy atom. The van der Waals surface area contributed by atoms with E-state index in [0.29, 0.717) is 56.4 Å². The number of hydrogen-bond donors (Lipinski definition) is 1. The first-order chi connectivity index (χ1) is 18.6. The van der Waals surface area contributed by atoms with Crippen molar-refractivity contribution in [3.05, 3.63) is 46.3 Å². The molecule has 10 heteroatoms. The fourth-order valence-corrected chi connectivity index (χ4v) is 5.09. The van der Waals surface area contributed by atoms with Gasteiger partial charge in [-0.2, -0.15) is 0 Å². The van der Waals surface area contributed by atoms with Gasteiger partial charge in [-0.1, -0.05) is 20.8 Å². The molecule has 0 saturated carbocycles. The molecule has 220 valence electrons. The van der Waals surface area contributed by atoms with E-state index in [4.69, 9.17) is 24.4 Å². The lowest BCUT2D eigenvalue weighted by molar-refractivity contribution is 0.0962. The second-order valence-electron chi connectivity index (χ2n) is 10.7. The summed E-state index contributed by atoms with van der Waals surface area (Å²) in [6.45, 7) is 15.8. The van der Waals surface area contributed by atoms with Gasteiger partial charge in [-0.05, 0) is 49.9 Å². The molecule has 4 rings (SSSR count). The van der Waals surface area contributed by atoms with Crippen LogP contribution in [0, 0.1) is 11.2 Å². The number of amidine groups is 1. The van der Waals surface area contributed by atoms with Gasteiger partial charge in [0.2, 0.25) is 0 Å². The Bertz CT molecular complexity index is 1240. The van der Waals surface area contributed by atoms with Gasteiger partial charge >= 0.3 is 0 Å². The summed E-state index contributed by atoms with van der Waals surface area (Å²) in [5.74, 6) is 0.309. The van der Waals surface area contributed by atoms with Gasteiger partial charge in [0, 0.05) is 30.8 Å². The van der Waals surface area contributed by atoms with Gasteiger partial charge in [-0.15, -0.1) is 17.0 Å². The van der Waals surface area contributed by atoms with Crippen LogP contribution in [0.5, 0.6) is 17.2 Å². The number of nitrogens with zero attached hydrogens (tertiary/aromatic N) is 2. The molecule has 2 aromatic rings. The maximum absolute atomic E-state index is 15.5. The van der Waals surface area contributed by atoms with E-state index in [1.807, 2.05) is 26.0 Å². The van der Waals surface area contributed by atoms with Crippen LogP contribution < -0.4 is 19.1 Å². The smallest absolute Gasteiger partial charge is 0.197 e. The zero-order valence-corrected chi connectivity index (χ0v) is 26.0. The summed E-state index contributed by atoms with van der Waals surface area (Å²) in [6.07, 6.45) is 0. The highest BCUT2D eigenvalue weighted by molar-refractivity contribution is 8.93. The van der Waals surface area contributed by atoms with Crippen LogP contribution in [0.2, 0.25) is 0 Å². The fourth-order valence-electron chi connectivity index (χ4n) is 5.09. The number of fused-ring (bicyclic) bond motifs is 1. The Hall–Kier alpha value is -2.85. The van der Waals surface area contributed by atoms with E-state index in [-0.39, 0.29) is 65.0 Å². The molecule has 1 fully saturated rings. The van der Waals surface area contributed by atoms with Gasteiger partial charge in [0.05, 0.1) is 50.8 Å². The SMILES string of the molecule is Br.CCOc1cc2c(c(F)c1OCC)C(=N)N(CC(=O)c1cc(N3CCOCC3)c(OCC)c(C(C)(C)C)c1)C2. The third-order valence-corrected chi connectivity index (χ3v) is 6.95. The largest absolute Gasteiger partial charge is 0.491 e. The summed E-state index contributed by atoms with van der Waals surface area (Å²) in [5, 5.41) is 8.71. The van der Waals surface area contributed by atoms with E-state index in [2.05, 4.69) is 25.7 Å². The summed E-state index contributed by atoms with van der Waals surface area (Å²) < 4.78 is 38.3. The molecule has 0 aromatic heterocycles. The molecular weight excluding hydrogens is 581 g/mol. The molecular formula is C30H41BrFN3O5. The number of hydrogen-bond acceptors (Lipinski definition) is 7. The molecule has 2 aromatic carbocycles. The number of ether oxygens (including phenoxy) is 4. The molecule has 0 bridgehead atoms. The van der Waals surface area contributed by atoms with Crippen LogP contribution in [0.4, 0.5) is 10.1 Å². The van der Waals surface area contributed by atoms with Crippen LogP contribution in [0.25, 0.3) is 0 Å². The number of ketones is 1. The highest BCUT2D eigenvalue weighted by atomic mass is 79.9. The van der Waals surface area contributed by atoms with Crippen molar-refractivity contribution in [3.8, 4) is 17.2 Å². The number of anilines is 1. The van der Waals surface area contributed by atoms with Gasteiger partial charge in [0.15, 0.2) is 23.1 Å². The first-order valence-corrected chi connectivity index (χ1v) is 13.7. The predicted octanol–water partition coefficient (Wildman–Crippen LogP) is 5.76. The second-order valence-corrected chi connectivity index (χ2v) is 10.7. The number of carbonyl (C=O) groups excluding carboxylic acids is 1. The van der Waals surface area contributed by atoms with Gasteiger partial charge in [0.25, 0.3) is 0 Å². The average molecular weight is 623 g/mol. The van der Waals surface area contributed by atoms with E-state index < -0.39 is 5.82 Å². The lowest BCUT2D eigenvalue weighted by Crippen LogP contribution is -2.37. The molecule has 0 spiro atoms. The maximum atomic E-state index is 15.5. The number of carbonyl (C=O) groups is 1. The van der Waals surface area contributed by atoms with Crippen LogP contribution in [-0.4, -0.2) is 69.2 Å². The van der Waals surface area contributed by atoms with E-state index in [1.54, 1.807) is 17.9 Å². The van der Waals surface area contributed by atoms with Gasteiger partial charge in [-0.3, -0.25) is 10.2 Å². The van der Waals surface area contributed by atoms with Crippen molar-refractivity contribution in [1.29, 1.82) is 5.41 Å². The van der Waals surface area contributed by atoms with Crippen molar-refractivity contribution in [1.82, 2.24) is 4.90 Å². The minimum atomic E-state index is -0.622. The lowest BCUT2D eigenvalue weighted by atomic mass is 9.84. The molecule has 0 radical (unpaired) electrons. The zero-order valence-electron chi connectivity index (χ0n) is 24.3. The van der Waals surface area contributed by atoms with E-state index in [9.17, 15) is 4.79 Å². The molecule has 2 heterocycles. The zero-order chi connectivity index (χ0) is 28.3. The first-order valence-electron chi connectivity index (χ1n) is 13.7. The number of halogens is 2. The third-order valence-electron chi connectivity index (χ3n) is 6.95. The Morgan fingerprint density at radius 1 is 1.00 bits per heavy atom. The molecule has 0 unspecified atom stereocenters. The summed E-state index contributed by atoms with van der Waals surface area (Å²) in [4.78, 5) is 17.5. The highest BCUT2D eigenvalue weighted by Crippen LogP contribution is 2.42. The number of morpholine rings is 1. The normalized spacial score (nSPS) is 15.0. The average Bonchev–Trinajstić information content (AvgIpc) is 3.21. The van der Waals surface area contributed by atoms with Crippen molar-refractivity contribution in [2.24, 2.45) is 0 Å². The molecule has 40 heavy (non-hydrogen) atoms. The summed E-state index contributed by atoms with van der Waals surface area (Å²) in [5.41, 5.74) is 2.86. The number of nitrogens with one attached hydrogen (secondary N) is 1. The third kappa shape index (κ3) is 6.38. The molecule has 2 aliphatic rings. The van der Waals surface area contributed by atoms with Crippen LogP contribution in [-0.2, 0) is 16.7 Å². The van der Waals surface area contributed by atoms with Gasteiger partial charge in [-0.25, -0.2) is 4.39 Å². The van der Waals surface area contributed by atoms with Crippen molar-refractivity contribution >= 4 is 34.3 Å². The van der Waals surface area contributed by atoms with E-state index in [0.717, 1.165) is 17.0 Å². The quantitative estimate of drug-likeness (QED) is 0.338. The Kier molecular flexibility index (Phi) is 10.5. The fraction of sp³-hybridized carbons (Fsp3) is 0.533. The van der Waals surface area contributed by atoms with Crippen LogP contribution in [0.15, 0.2) is 18.2 Å². The summed E-state index contributed by atoms with van der Waals surface area (Å²) in [7, 11) is 0. The van der Waals surface area contributed by atoms with E-state index >= 15 is 4.39 Å². The molecule has 0 atom stereocenters. The molecule has 2 aliphatic heterocycles. The number of benzene rings is 2. The summed E-state index contributed by atoms with van der Waals surface area (Å²) >= 11 is 0. The lowest BCUT2D eigenvalue weighted by Gasteiger charge is -2.33. The van der Waals surface area contributed by atoms with Crippen molar-refractivity contribution < 1.29 is 28.1 Å². The minimum absolute atomic E-state index is 0. The van der Waals surface area contributed by atoms with Gasteiger partial charge in [0.1, 0.15) is 11.6 Å². The molecule has 8 nitrogen and oxygen atoms in total. The second kappa shape index (κ2) is 13.2. The van der Waals surface area contributed by atoms with Crippen molar-refractivity contribution in [2.45, 2.75) is 53.5 Å². The van der Waals surface area contributed by atoms with Crippen molar-refractivity contribution in [3.63, 3.8) is 0 Å². The monoisotopic (exact) mass is 621 g/mol. The van der Waals surface area contributed by atoms with Crippen LogP contribution in [0.3, 0.4) is 0 Å². The molecule has 1 saturated heterocycles.